The fraction of sp³-hybridized carbons (Fsp3) is 0. The van der Waals surface area contributed by atoms with E-state index in [2.05, 4.69) is 10.3 Å². The molecule has 4 aromatic rings. The lowest BCUT2D eigenvalue weighted by Crippen LogP contribution is -2.11. The fourth-order valence-corrected chi connectivity index (χ4v) is 3.30. The molecule has 0 aliphatic heterocycles. The topological polar surface area (TPSA) is 55.1 Å². The van der Waals surface area contributed by atoms with Crippen molar-refractivity contribution in [1.29, 1.82) is 0 Å². The van der Waals surface area contributed by atoms with E-state index < -0.39 is 0 Å². The highest BCUT2D eigenvalue weighted by atomic mass is 35.5. The fourth-order valence-electron chi connectivity index (χ4n) is 2.35. The quantitative estimate of drug-likeness (QED) is 0.460. The van der Waals surface area contributed by atoms with Crippen molar-refractivity contribution in [2.24, 2.45) is 0 Å². The van der Waals surface area contributed by atoms with Gasteiger partial charge in [0.2, 0.25) is 5.89 Å². The maximum absolute atomic E-state index is 12.4. The van der Waals surface area contributed by atoms with Crippen LogP contribution in [0.3, 0.4) is 0 Å². The highest BCUT2D eigenvalue weighted by molar-refractivity contribution is 7.13. The molecule has 0 aliphatic carbocycles. The summed E-state index contributed by atoms with van der Waals surface area (Å²) in [5.41, 5.74) is 2.38. The molecule has 1 amide bonds. The number of rotatable bonds is 3. The summed E-state index contributed by atoms with van der Waals surface area (Å²) in [5, 5.41) is 5.53. The number of anilines is 1. The molecule has 124 valence electrons. The summed E-state index contributed by atoms with van der Waals surface area (Å²) in [6.07, 6.45) is 0. The first-order chi connectivity index (χ1) is 12.1. The van der Waals surface area contributed by atoms with E-state index in [4.69, 9.17) is 27.6 Å². The van der Waals surface area contributed by atoms with Gasteiger partial charge in [-0.15, -0.1) is 11.3 Å². The van der Waals surface area contributed by atoms with E-state index >= 15 is 0 Å². The zero-order valence-corrected chi connectivity index (χ0v) is 15.0. The first-order valence-corrected chi connectivity index (χ1v) is 8.94. The lowest BCUT2D eigenvalue weighted by Gasteiger charge is -2.06. The van der Waals surface area contributed by atoms with E-state index in [0.717, 1.165) is 4.88 Å². The van der Waals surface area contributed by atoms with Gasteiger partial charge < -0.3 is 9.73 Å². The number of thiophene rings is 1. The molecule has 4 rings (SSSR count). The van der Waals surface area contributed by atoms with Crippen molar-refractivity contribution in [2.75, 3.05) is 5.32 Å². The van der Waals surface area contributed by atoms with Gasteiger partial charge in [-0.1, -0.05) is 29.3 Å². The van der Waals surface area contributed by atoms with Crippen LogP contribution < -0.4 is 5.32 Å². The molecule has 0 aliphatic rings. The van der Waals surface area contributed by atoms with Gasteiger partial charge in [0, 0.05) is 11.3 Å². The second-order valence-corrected chi connectivity index (χ2v) is 7.02. The first kappa shape index (κ1) is 16.1. The van der Waals surface area contributed by atoms with Gasteiger partial charge >= 0.3 is 0 Å². The van der Waals surface area contributed by atoms with E-state index in [9.17, 15) is 4.79 Å². The number of hydrogen-bond acceptors (Lipinski definition) is 4. The van der Waals surface area contributed by atoms with Crippen LogP contribution >= 0.6 is 34.5 Å². The van der Waals surface area contributed by atoms with Crippen LogP contribution in [0.15, 0.2) is 58.3 Å². The Morgan fingerprint density at radius 3 is 2.72 bits per heavy atom. The zero-order valence-electron chi connectivity index (χ0n) is 12.6. The largest absolute Gasteiger partial charge is 0.435 e. The number of benzene rings is 2. The number of nitrogens with one attached hydrogen (secondary N) is 1. The predicted molar refractivity (Wildman–Crippen MR) is 102 cm³/mol. The molecule has 4 nitrogen and oxygen atoms in total. The molecule has 0 spiro atoms. The van der Waals surface area contributed by atoms with Gasteiger partial charge in [0.05, 0.1) is 14.9 Å². The van der Waals surface area contributed by atoms with E-state index in [1.54, 1.807) is 41.7 Å². The predicted octanol–water partition coefficient (Wildman–Crippen LogP) is 6.12. The Balaban J connectivity index is 1.61. The lowest BCUT2D eigenvalue weighted by molar-refractivity contribution is 0.102. The summed E-state index contributed by atoms with van der Waals surface area (Å²) in [5.74, 6) is 0.290. The Bertz CT molecular complexity index is 1070. The Morgan fingerprint density at radius 2 is 1.96 bits per heavy atom. The molecule has 0 saturated heterocycles. The highest BCUT2D eigenvalue weighted by Gasteiger charge is 2.12. The van der Waals surface area contributed by atoms with Crippen LogP contribution in [-0.2, 0) is 0 Å². The zero-order chi connectivity index (χ0) is 17.4. The van der Waals surface area contributed by atoms with Gasteiger partial charge in [-0.2, -0.15) is 0 Å². The highest BCUT2D eigenvalue weighted by Crippen LogP contribution is 2.29. The van der Waals surface area contributed by atoms with E-state index in [1.165, 1.54) is 6.07 Å². The van der Waals surface area contributed by atoms with Crippen LogP contribution in [0.5, 0.6) is 0 Å². The normalized spacial score (nSPS) is 11.0. The SMILES string of the molecule is O=C(Nc1ccc2oc(-c3cccs3)nc2c1)c1ccc(Cl)c(Cl)c1. The Hall–Kier alpha value is -2.34. The van der Waals surface area contributed by atoms with Crippen molar-refractivity contribution in [3.8, 4) is 10.8 Å². The standard InChI is InChI=1S/C18H10Cl2N2O2S/c19-12-5-3-10(8-13(12)20)17(23)21-11-4-6-15-14(9-11)22-18(24-15)16-2-1-7-25-16/h1-9H,(H,21,23). The molecule has 0 unspecified atom stereocenters. The van der Waals surface area contributed by atoms with Crippen molar-refractivity contribution >= 4 is 57.2 Å². The maximum atomic E-state index is 12.4. The third-order valence-electron chi connectivity index (χ3n) is 3.56. The third-order valence-corrected chi connectivity index (χ3v) is 5.16. The third kappa shape index (κ3) is 3.26. The van der Waals surface area contributed by atoms with E-state index in [-0.39, 0.29) is 5.91 Å². The number of aromatic nitrogens is 1. The number of oxazole rings is 1. The van der Waals surface area contributed by atoms with Gasteiger partial charge in [0.1, 0.15) is 5.52 Å². The van der Waals surface area contributed by atoms with Crippen molar-refractivity contribution in [3.05, 3.63) is 69.5 Å². The molecule has 0 radical (unpaired) electrons. The monoisotopic (exact) mass is 388 g/mol. The van der Waals surface area contributed by atoms with Gasteiger partial charge in [-0.25, -0.2) is 4.98 Å². The van der Waals surface area contributed by atoms with Crippen molar-refractivity contribution in [2.45, 2.75) is 0 Å². The molecule has 2 heterocycles. The van der Waals surface area contributed by atoms with Crippen LogP contribution in [0, 0.1) is 0 Å². The minimum absolute atomic E-state index is 0.278. The second kappa shape index (κ2) is 6.52. The van der Waals surface area contributed by atoms with Crippen molar-refractivity contribution in [1.82, 2.24) is 4.98 Å². The van der Waals surface area contributed by atoms with Gasteiger partial charge in [-0.3, -0.25) is 4.79 Å². The molecule has 1 N–H and O–H groups in total. The van der Waals surface area contributed by atoms with E-state index in [1.807, 2.05) is 17.5 Å². The number of fused-ring (bicyclic) bond motifs is 1. The Kier molecular flexibility index (Phi) is 4.21. The minimum Gasteiger partial charge on any atom is -0.435 e. The van der Waals surface area contributed by atoms with Crippen LogP contribution in [0.2, 0.25) is 10.0 Å². The van der Waals surface area contributed by atoms with Crippen LogP contribution in [0.25, 0.3) is 21.9 Å². The number of carbonyl (C=O) groups excluding carboxylic acids is 1. The number of amides is 1. The summed E-state index contributed by atoms with van der Waals surface area (Å²) in [6, 6.07) is 13.9. The smallest absolute Gasteiger partial charge is 0.255 e. The molecule has 2 aromatic carbocycles. The maximum Gasteiger partial charge on any atom is 0.255 e. The Morgan fingerprint density at radius 1 is 1.08 bits per heavy atom. The van der Waals surface area contributed by atoms with Crippen LogP contribution in [0.1, 0.15) is 10.4 Å². The molecular formula is C18H10Cl2N2O2S. The number of carbonyl (C=O) groups is 1. The van der Waals surface area contributed by atoms with Crippen LogP contribution in [-0.4, -0.2) is 10.9 Å². The average Bonchev–Trinajstić information content (AvgIpc) is 3.25. The summed E-state index contributed by atoms with van der Waals surface area (Å²) < 4.78 is 5.74. The van der Waals surface area contributed by atoms with Gasteiger partial charge in [-0.05, 0) is 47.8 Å². The van der Waals surface area contributed by atoms with Gasteiger partial charge in [0.25, 0.3) is 5.91 Å². The first-order valence-electron chi connectivity index (χ1n) is 7.31. The molecule has 25 heavy (non-hydrogen) atoms. The molecule has 7 heteroatoms. The average molecular weight is 389 g/mol. The summed E-state index contributed by atoms with van der Waals surface area (Å²) >= 11 is 13.4. The van der Waals surface area contributed by atoms with E-state index in [0.29, 0.717) is 38.3 Å². The summed E-state index contributed by atoms with van der Waals surface area (Å²) in [4.78, 5) is 17.8. The molecule has 0 atom stereocenters. The summed E-state index contributed by atoms with van der Waals surface area (Å²) in [7, 11) is 0. The molecular weight excluding hydrogens is 379 g/mol. The number of halogens is 2. The minimum atomic E-state index is -0.278. The van der Waals surface area contributed by atoms with Crippen molar-refractivity contribution in [3.63, 3.8) is 0 Å². The van der Waals surface area contributed by atoms with Crippen molar-refractivity contribution < 1.29 is 9.21 Å². The van der Waals surface area contributed by atoms with Gasteiger partial charge in [0.15, 0.2) is 5.58 Å². The molecule has 2 aromatic heterocycles. The molecule has 0 bridgehead atoms. The Labute approximate surface area is 157 Å². The molecule has 0 fully saturated rings. The molecule has 0 saturated carbocycles. The summed E-state index contributed by atoms with van der Waals surface area (Å²) in [6.45, 7) is 0. The van der Waals surface area contributed by atoms with Crippen LogP contribution in [0.4, 0.5) is 5.69 Å². The second-order valence-electron chi connectivity index (χ2n) is 5.26. The number of hydrogen-bond donors (Lipinski definition) is 1. The lowest BCUT2D eigenvalue weighted by atomic mass is 10.2. The number of nitrogens with zero attached hydrogens (tertiary/aromatic N) is 1.